The average molecular weight is 375 g/mol. The molecule has 0 radical (unpaired) electrons. The van der Waals surface area contributed by atoms with Crippen LogP contribution >= 0.6 is 0 Å². The number of unbranched alkanes of at least 4 members (excludes halogenated alkanes) is 14. The molecule has 0 saturated heterocycles. The molecule has 0 bridgehead atoms. The first-order chi connectivity index (χ1) is 13.2. The number of carbonyl (C=O) groups excluding carboxylic acids is 1. The van der Waals surface area contributed by atoms with E-state index in [0.29, 0.717) is 12.2 Å². The Labute approximate surface area is 168 Å². The second kappa shape index (κ2) is 16.8. The molecule has 154 valence electrons. The van der Waals surface area contributed by atoms with Gasteiger partial charge in [-0.3, -0.25) is 4.79 Å². The molecule has 0 saturated carbocycles. The largest absolute Gasteiger partial charge is 0.426 e. The van der Waals surface area contributed by atoms with Crippen LogP contribution in [0, 0.1) is 6.92 Å². The predicted molar refractivity (Wildman–Crippen MR) is 116 cm³/mol. The molecule has 27 heavy (non-hydrogen) atoms. The van der Waals surface area contributed by atoms with E-state index in [-0.39, 0.29) is 5.97 Å². The fraction of sp³-hybridized carbons (Fsp3) is 0.720. The SMILES string of the molecule is CCCCCCCCCCCCCCCCCC(=O)Oc1ccccc1C. The van der Waals surface area contributed by atoms with Gasteiger partial charge in [0.2, 0.25) is 0 Å². The van der Waals surface area contributed by atoms with E-state index in [1.54, 1.807) is 0 Å². The van der Waals surface area contributed by atoms with Gasteiger partial charge in [0.15, 0.2) is 0 Å². The third kappa shape index (κ3) is 13.5. The number of hydrogen-bond acceptors (Lipinski definition) is 2. The van der Waals surface area contributed by atoms with Crippen molar-refractivity contribution in [1.29, 1.82) is 0 Å². The normalized spacial score (nSPS) is 10.9. The van der Waals surface area contributed by atoms with Crippen LogP contribution in [-0.2, 0) is 4.79 Å². The van der Waals surface area contributed by atoms with Crippen molar-refractivity contribution in [2.75, 3.05) is 0 Å². The smallest absolute Gasteiger partial charge is 0.311 e. The standard InChI is InChI=1S/C25H42O2/c1-3-4-5-6-7-8-9-10-11-12-13-14-15-16-17-22-25(26)27-24-21-19-18-20-23(24)2/h18-21H,3-17,22H2,1-2H3. The van der Waals surface area contributed by atoms with Crippen LogP contribution in [-0.4, -0.2) is 5.97 Å². The Morgan fingerprint density at radius 1 is 0.704 bits per heavy atom. The van der Waals surface area contributed by atoms with E-state index in [4.69, 9.17) is 4.74 Å². The van der Waals surface area contributed by atoms with Crippen LogP contribution in [0.5, 0.6) is 5.75 Å². The fourth-order valence-corrected chi connectivity index (χ4v) is 3.49. The van der Waals surface area contributed by atoms with E-state index in [1.807, 2.05) is 31.2 Å². The number of aryl methyl sites for hydroxylation is 1. The highest BCUT2D eigenvalue weighted by Gasteiger charge is 2.06. The van der Waals surface area contributed by atoms with Gasteiger partial charge < -0.3 is 4.74 Å². The van der Waals surface area contributed by atoms with Crippen LogP contribution in [0.1, 0.15) is 115 Å². The fourth-order valence-electron chi connectivity index (χ4n) is 3.49. The highest BCUT2D eigenvalue weighted by molar-refractivity contribution is 5.72. The van der Waals surface area contributed by atoms with Gasteiger partial charge in [-0.25, -0.2) is 0 Å². The molecular weight excluding hydrogens is 332 g/mol. The molecule has 0 fully saturated rings. The molecule has 1 rings (SSSR count). The van der Waals surface area contributed by atoms with Crippen LogP contribution in [0.4, 0.5) is 0 Å². The van der Waals surface area contributed by atoms with Crippen LogP contribution < -0.4 is 4.74 Å². The lowest BCUT2D eigenvalue weighted by Gasteiger charge is -2.07. The number of benzene rings is 1. The molecule has 0 amide bonds. The molecule has 0 unspecified atom stereocenters. The summed E-state index contributed by atoms with van der Waals surface area (Å²) in [6.07, 6.45) is 20.6. The molecule has 0 heterocycles. The summed E-state index contributed by atoms with van der Waals surface area (Å²) in [5.74, 6) is 0.599. The van der Waals surface area contributed by atoms with Crippen LogP contribution in [0.15, 0.2) is 24.3 Å². The maximum absolute atomic E-state index is 11.9. The van der Waals surface area contributed by atoms with E-state index < -0.39 is 0 Å². The molecular formula is C25H42O2. The van der Waals surface area contributed by atoms with Gasteiger partial charge in [0.05, 0.1) is 0 Å². The summed E-state index contributed by atoms with van der Waals surface area (Å²) in [7, 11) is 0. The molecule has 0 aliphatic rings. The van der Waals surface area contributed by atoms with Crippen LogP contribution in [0.2, 0.25) is 0 Å². The quantitative estimate of drug-likeness (QED) is 0.156. The number of para-hydroxylation sites is 1. The molecule has 0 N–H and O–H groups in total. The maximum atomic E-state index is 11.9. The second-order valence-corrected chi connectivity index (χ2v) is 7.94. The molecule has 0 aromatic heterocycles. The van der Waals surface area contributed by atoms with Gasteiger partial charge in [-0.1, -0.05) is 115 Å². The van der Waals surface area contributed by atoms with Crippen LogP contribution in [0.3, 0.4) is 0 Å². The van der Waals surface area contributed by atoms with Crippen molar-refractivity contribution >= 4 is 5.97 Å². The lowest BCUT2D eigenvalue weighted by atomic mass is 10.0. The van der Waals surface area contributed by atoms with Gasteiger partial charge in [0, 0.05) is 6.42 Å². The second-order valence-electron chi connectivity index (χ2n) is 7.94. The van der Waals surface area contributed by atoms with E-state index in [0.717, 1.165) is 18.4 Å². The summed E-state index contributed by atoms with van der Waals surface area (Å²) in [6.45, 7) is 4.25. The first-order valence-corrected chi connectivity index (χ1v) is 11.5. The molecule has 1 aromatic rings. The monoisotopic (exact) mass is 374 g/mol. The highest BCUT2D eigenvalue weighted by atomic mass is 16.5. The van der Waals surface area contributed by atoms with Gasteiger partial charge in [-0.15, -0.1) is 0 Å². The molecule has 0 aliphatic heterocycles. The maximum Gasteiger partial charge on any atom is 0.311 e. The van der Waals surface area contributed by atoms with Crippen molar-refractivity contribution in [2.24, 2.45) is 0 Å². The molecule has 2 heteroatoms. The molecule has 2 nitrogen and oxygen atoms in total. The van der Waals surface area contributed by atoms with Gasteiger partial charge in [0.25, 0.3) is 0 Å². The molecule has 0 atom stereocenters. The minimum atomic E-state index is -0.0982. The highest BCUT2D eigenvalue weighted by Crippen LogP contribution is 2.18. The lowest BCUT2D eigenvalue weighted by Crippen LogP contribution is -2.08. The van der Waals surface area contributed by atoms with Crippen molar-refractivity contribution in [3.05, 3.63) is 29.8 Å². The van der Waals surface area contributed by atoms with Crippen molar-refractivity contribution in [3.63, 3.8) is 0 Å². The van der Waals surface area contributed by atoms with Crippen molar-refractivity contribution in [1.82, 2.24) is 0 Å². The van der Waals surface area contributed by atoms with E-state index in [9.17, 15) is 4.79 Å². The summed E-state index contributed by atoms with van der Waals surface area (Å²) in [6, 6.07) is 7.69. The van der Waals surface area contributed by atoms with Crippen LogP contribution in [0.25, 0.3) is 0 Å². The summed E-state index contributed by atoms with van der Waals surface area (Å²) in [4.78, 5) is 11.9. The Balaban J connectivity index is 1.82. The lowest BCUT2D eigenvalue weighted by molar-refractivity contribution is -0.134. The van der Waals surface area contributed by atoms with Gasteiger partial charge in [0.1, 0.15) is 5.75 Å². The van der Waals surface area contributed by atoms with Gasteiger partial charge in [-0.05, 0) is 25.0 Å². The summed E-state index contributed by atoms with van der Waals surface area (Å²) >= 11 is 0. The minimum absolute atomic E-state index is 0.0982. The van der Waals surface area contributed by atoms with Crippen molar-refractivity contribution in [2.45, 2.75) is 117 Å². The zero-order valence-corrected chi connectivity index (χ0v) is 17.9. The number of esters is 1. The zero-order valence-electron chi connectivity index (χ0n) is 17.9. The number of ether oxygens (including phenoxy) is 1. The number of hydrogen-bond donors (Lipinski definition) is 0. The number of carbonyl (C=O) groups is 1. The summed E-state index contributed by atoms with van der Waals surface area (Å²) < 4.78 is 5.43. The van der Waals surface area contributed by atoms with Crippen molar-refractivity contribution < 1.29 is 9.53 Å². The number of rotatable bonds is 17. The van der Waals surface area contributed by atoms with E-state index >= 15 is 0 Å². The van der Waals surface area contributed by atoms with E-state index in [1.165, 1.54) is 83.5 Å². The molecule has 1 aromatic carbocycles. The third-order valence-corrected chi connectivity index (χ3v) is 5.30. The molecule has 0 spiro atoms. The summed E-state index contributed by atoms with van der Waals surface area (Å²) in [5.41, 5.74) is 1.02. The van der Waals surface area contributed by atoms with Gasteiger partial charge >= 0.3 is 5.97 Å². The Morgan fingerprint density at radius 2 is 1.15 bits per heavy atom. The first kappa shape index (κ1) is 23.7. The molecule has 0 aliphatic carbocycles. The first-order valence-electron chi connectivity index (χ1n) is 11.5. The van der Waals surface area contributed by atoms with E-state index in [2.05, 4.69) is 6.92 Å². The Morgan fingerprint density at radius 3 is 1.63 bits per heavy atom. The predicted octanol–water partition coefficient (Wildman–Crippen LogP) is 8.16. The third-order valence-electron chi connectivity index (χ3n) is 5.30. The Bertz CT molecular complexity index is 481. The van der Waals surface area contributed by atoms with Gasteiger partial charge in [-0.2, -0.15) is 0 Å². The topological polar surface area (TPSA) is 26.3 Å². The zero-order chi connectivity index (χ0) is 19.6. The average Bonchev–Trinajstić information content (AvgIpc) is 2.66. The minimum Gasteiger partial charge on any atom is -0.426 e. The Hall–Kier alpha value is -1.31. The Kier molecular flexibility index (Phi) is 14.8. The van der Waals surface area contributed by atoms with Crippen molar-refractivity contribution in [3.8, 4) is 5.75 Å². The summed E-state index contributed by atoms with van der Waals surface area (Å²) in [5, 5.41) is 0.